The highest BCUT2D eigenvalue weighted by atomic mass is 16.2. The molecule has 0 radical (unpaired) electrons. The van der Waals surface area contributed by atoms with Gasteiger partial charge in [-0.2, -0.15) is 5.10 Å². The Labute approximate surface area is 149 Å². The van der Waals surface area contributed by atoms with Crippen molar-refractivity contribution < 1.29 is 4.79 Å². The second kappa shape index (κ2) is 8.10. The fraction of sp³-hybridized carbons (Fsp3) is 0.450. The van der Waals surface area contributed by atoms with Crippen molar-refractivity contribution in [3.05, 3.63) is 54.2 Å². The molecule has 0 N–H and O–H groups in total. The van der Waals surface area contributed by atoms with Gasteiger partial charge < -0.3 is 9.80 Å². The van der Waals surface area contributed by atoms with Crippen molar-refractivity contribution in [3.63, 3.8) is 0 Å². The summed E-state index contributed by atoms with van der Waals surface area (Å²) in [5, 5.41) is 8.11. The summed E-state index contributed by atoms with van der Waals surface area (Å²) in [6.07, 6.45) is 2.67. The van der Waals surface area contributed by atoms with Gasteiger partial charge in [0.25, 0.3) is 0 Å². The van der Waals surface area contributed by atoms with Crippen LogP contribution in [0.25, 0.3) is 0 Å². The number of carbonyl (C=O) groups excluding carboxylic acids is 1. The van der Waals surface area contributed by atoms with Crippen molar-refractivity contribution in [1.29, 1.82) is 0 Å². The van der Waals surface area contributed by atoms with E-state index in [4.69, 9.17) is 0 Å². The SMILES string of the molecule is CCC(C)C(C(=O)N1CCN(c2cccnn2)CC1)c1ccccc1. The van der Waals surface area contributed by atoms with E-state index in [2.05, 4.69) is 41.1 Å². The average Bonchev–Trinajstić information content (AvgIpc) is 2.69. The van der Waals surface area contributed by atoms with Gasteiger partial charge in [-0.3, -0.25) is 4.79 Å². The summed E-state index contributed by atoms with van der Waals surface area (Å²) in [4.78, 5) is 17.4. The molecule has 5 nitrogen and oxygen atoms in total. The highest BCUT2D eigenvalue weighted by Crippen LogP contribution is 2.29. The molecule has 3 rings (SSSR count). The van der Waals surface area contributed by atoms with E-state index in [0.29, 0.717) is 5.92 Å². The zero-order valence-electron chi connectivity index (χ0n) is 15.0. The first-order valence-corrected chi connectivity index (χ1v) is 9.07. The van der Waals surface area contributed by atoms with Crippen molar-refractivity contribution in [2.75, 3.05) is 31.1 Å². The number of anilines is 1. The predicted molar refractivity (Wildman–Crippen MR) is 99.5 cm³/mol. The monoisotopic (exact) mass is 338 g/mol. The van der Waals surface area contributed by atoms with Gasteiger partial charge in [0.2, 0.25) is 5.91 Å². The fourth-order valence-corrected chi connectivity index (χ4v) is 3.43. The van der Waals surface area contributed by atoms with Gasteiger partial charge in [-0.15, -0.1) is 5.10 Å². The zero-order chi connectivity index (χ0) is 17.6. The third-order valence-corrected chi connectivity index (χ3v) is 5.11. The van der Waals surface area contributed by atoms with Crippen LogP contribution in [0, 0.1) is 5.92 Å². The Morgan fingerprint density at radius 3 is 2.40 bits per heavy atom. The summed E-state index contributed by atoms with van der Waals surface area (Å²) in [6.45, 7) is 7.38. The van der Waals surface area contributed by atoms with Gasteiger partial charge in [0.15, 0.2) is 5.82 Å². The van der Waals surface area contributed by atoms with E-state index in [1.807, 2.05) is 35.2 Å². The van der Waals surface area contributed by atoms with Crippen LogP contribution < -0.4 is 4.90 Å². The molecule has 1 aliphatic rings. The fourth-order valence-electron chi connectivity index (χ4n) is 3.43. The van der Waals surface area contributed by atoms with Gasteiger partial charge in [0, 0.05) is 32.4 Å². The second-order valence-electron chi connectivity index (χ2n) is 6.67. The molecule has 2 heterocycles. The van der Waals surface area contributed by atoms with E-state index in [1.54, 1.807) is 6.20 Å². The van der Waals surface area contributed by atoms with Crippen LogP contribution >= 0.6 is 0 Å². The van der Waals surface area contributed by atoms with Crippen LogP contribution in [-0.2, 0) is 4.79 Å². The minimum absolute atomic E-state index is 0.0609. The lowest BCUT2D eigenvalue weighted by atomic mass is 9.84. The van der Waals surface area contributed by atoms with Crippen molar-refractivity contribution >= 4 is 11.7 Å². The van der Waals surface area contributed by atoms with Crippen molar-refractivity contribution in [2.45, 2.75) is 26.2 Å². The third-order valence-electron chi connectivity index (χ3n) is 5.11. The van der Waals surface area contributed by atoms with Crippen LogP contribution in [0.4, 0.5) is 5.82 Å². The van der Waals surface area contributed by atoms with E-state index in [-0.39, 0.29) is 11.8 Å². The molecule has 1 aromatic heterocycles. The first-order chi connectivity index (χ1) is 12.2. The standard InChI is InChI=1S/C20H26N4O/c1-3-16(2)19(17-8-5-4-6-9-17)20(25)24-14-12-23(13-15-24)18-10-7-11-21-22-18/h4-11,16,19H,3,12-15H2,1-2H3. The molecule has 1 aromatic carbocycles. The maximum absolute atomic E-state index is 13.2. The first-order valence-electron chi connectivity index (χ1n) is 9.07. The Hall–Kier alpha value is -2.43. The summed E-state index contributed by atoms with van der Waals surface area (Å²) >= 11 is 0. The van der Waals surface area contributed by atoms with Crippen molar-refractivity contribution in [1.82, 2.24) is 15.1 Å². The molecular formula is C20H26N4O. The Morgan fingerprint density at radius 1 is 1.08 bits per heavy atom. The Bertz CT molecular complexity index is 669. The summed E-state index contributed by atoms with van der Waals surface area (Å²) in [5.41, 5.74) is 1.12. The summed E-state index contributed by atoms with van der Waals surface area (Å²) in [5.74, 6) is 1.40. The van der Waals surface area contributed by atoms with Crippen LogP contribution in [0.1, 0.15) is 31.7 Å². The lowest BCUT2D eigenvalue weighted by Crippen LogP contribution is -2.50. The number of piperazine rings is 1. The number of carbonyl (C=O) groups is 1. The molecule has 0 saturated carbocycles. The lowest BCUT2D eigenvalue weighted by molar-refractivity contribution is -0.134. The number of hydrogen-bond donors (Lipinski definition) is 0. The molecule has 2 aromatic rings. The molecule has 1 saturated heterocycles. The number of aromatic nitrogens is 2. The predicted octanol–water partition coefficient (Wildman–Crippen LogP) is 2.96. The van der Waals surface area contributed by atoms with Crippen LogP contribution in [0.15, 0.2) is 48.7 Å². The van der Waals surface area contributed by atoms with Crippen molar-refractivity contribution in [3.8, 4) is 0 Å². The molecule has 132 valence electrons. The first kappa shape index (κ1) is 17.4. The molecule has 2 atom stereocenters. The Morgan fingerprint density at radius 2 is 1.80 bits per heavy atom. The zero-order valence-corrected chi connectivity index (χ0v) is 15.0. The molecule has 5 heteroatoms. The van der Waals surface area contributed by atoms with Gasteiger partial charge in [-0.05, 0) is 23.6 Å². The van der Waals surface area contributed by atoms with Gasteiger partial charge >= 0.3 is 0 Å². The van der Waals surface area contributed by atoms with E-state index < -0.39 is 0 Å². The molecule has 25 heavy (non-hydrogen) atoms. The Kier molecular flexibility index (Phi) is 5.64. The van der Waals surface area contributed by atoms with Gasteiger partial charge in [-0.25, -0.2) is 0 Å². The summed E-state index contributed by atoms with van der Waals surface area (Å²) < 4.78 is 0. The molecular weight excluding hydrogens is 312 g/mol. The van der Waals surface area contributed by atoms with E-state index in [0.717, 1.165) is 44.0 Å². The number of nitrogens with zero attached hydrogens (tertiary/aromatic N) is 4. The minimum atomic E-state index is -0.0609. The normalized spacial score (nSPS) is 17.2. The Balaban J connectivity index is 1.69. The lowest BCUT2D eigenvalue weighted by Gasteiger charge is -2.38. The average molecular weight is 338 g/mol. The molecule has 1 fully saturated rings. The van der Waals surface area contributed by atoms with E-state index >= 15 is 0 Å². The number of hydrogen-bond acceptors (Lipinski definition) is 4. The summed E-state index contributed by atoms with van der Waals surface area (Å²) in [7, 11) is 0. The largest absolute Gasteiger partial charge is 0.352 e. The molecule has 1 aliphatic heterocycles. The van der Waals surface area contributed by atoms with Crippen LogP contribution in [-0.4, -0.2) is 47.2 Å². The number of benzene rings is 1. The smallest absolute Gasteiger partial charge is 0.230 e. The molecule has 2 unspecified atom stereocenters. The maximum atomic E-state index is 13.2. The third kappa shape index (κ3) is 3.98. The molecule has 0 aliphatic carbocycles. The topological polar surface area (TPSA) is 49.3 Å². The van der Waals surface area contributed by atoms with Crippen molar-refractivity contribution in [2.24, 2.45) is 5.92 Å². The van der Waals surface area contributed by atoms with Crippen LogP contribution in [0.2, 0.25) is 0 Å². The second-order valence-corrected chi connectivity index (χ2v) is 6.67. The molecule has 0 bridgehead atoms. The van der Waals surface area contributed by atoms with Gasteiger partial charge in [-0.1, -0.05) is 50.6 Å². The van der Waals surface area contributed by atoms with E-state index in [1.165, 1.54) is 0 Å². The number of amides is 1. The van der Waals surface area contributed by atoms with Crippen LogP contribution in [0.3, 0.4) is 0 Å². The summed E-state index contributed by atoms with van der Waals surface area (Å²) in [6, 6.07) is 14.1. The molecule has 1 amide bonds. The molecule has 0 spiro atoms. The minimum Gasteiger partial charge on any atom is -0.352 e. The van der Waals surface area contributed by atoms with Gasteiger partial charge in [0.1, 0.15) is 0 Å². The number of rotatable bonds is 5. The van der Waals surface area contributed by atoms with E-state index in [9.17, 15) is 4.79 Å². The maximum Gasteiger partial charge on any atom is 0.230 e. The van der Waals surface area contributed by atoms with Crippen LogP contribution in [0.5, 0.6) is 0 Å². The quantitative estimate of drug-likeness (QED) is 0.841. The highest BCUT2D eigenvalue weighted by Gasteiger charge is 2.31. The van der Waals surface area contributed by atoms with Gasteiger partial charge in [0.05, 0.1) is 5.92 Å². The highest BCUT2D eigenvalue weighted by molar-refractivity contribution is 5.84.